The lowest BCUT2D eigenvalue weighted by atomic mass is 10.1. The zero-order chi connectivity index (χ0) is 14.3. The van der Waals surface area contributed by atoms with Crippen molar-refractivity contribution in [1.29, 1.82) is 0 Å². The number of halogens is 1. The number of anilines is 1. The number of aryl methyl sites for hydroxylation is 2. The summed E-state index contributed by atoms with van der Waals surface area (Å²) in [5.41, 5.74) is 1.69. The topological polar surface area (TPSA) is 37.8 Å². The zero-order valence-corrected chi connectivity index (χ0v) is 12.3. The minimum Gasteiger partial charge on any atom is -0.372 e. The van der Waals surface area contributed by atoms with Crippen LogP contribution in [0.3, 0.4) is 0 Å². The molecule has 0 atom stereocenters. The average Bonchev–Trinajstić information content (AvgIpc) is 2.77. The molecule has 3 rings (SSSR count). The molecular weight excluding hydrogens is 273 g/mol. The number of thiophene rings is 1. The minimum absolute atomic E-state index is 0.242. The van der Waals surface area contributed by atoms with E-state index in [1.807, 2.05) is 14.0 Å². The first-order valence-electron chi connectivity index (χ1n) is 6.31. The van der Waals surface area contributed by atoms with Gasteiger partial charge in [0.1, 0.15) is 16.5 Å². The molecule has 3 aromatic rings. The van der Waals surface area contributed by atoms with Crippen LogP contribution in [0, 0.1) is 19.7 Å². The second-order valence-corrected chi connectivity index (χ2v) is 5.92. The summed E-state index contributed by atoms with van der Waals surface area (Å²) < 4.78 is 13.2. The van der Waals surface area contributed by atoms with Gasteiger partial charge in [-0.1, -0.05) is 0 Å². The quantitative estimate of drug-likeness (QED) is 0.769. The Morgan fingerprint density at radius 2 is 1.95 bits per heavy atom. The van der Waals surface area contributed by atoms with Crippen molar-refractivity contribution >= 4 is 27.4 Å². The first-order valence-corrected chi connectivity index (χ1v) is 7.12. The van der Waals surface area contributed by atoms with Crippen LogP contribution in [-0.2, 0) is 0 Å². The van der Waals surface area contributed by atoms with Gasteiger partial charge in [0.15, 0.2) is 5.82 Å². The normalized spacial score (nSPS) is 11.0. The highest BCUT2D eigenvalue weighted by Gasteiger charge is 2.12. The van der Waals surface area contributed by atoms with Crippen LogP contribution in [0.15, 0.2) is 24.3 Å². The smallest absolute Gasteiger partial charge is 0.163 e. The number of hydrogen-bond acceptors (Lipinski definition) is 4. The van der Waals surface area contributed by atoms with Gasteiger partial charge in [0, 0.05) is 17.5 Å². The molecule has 3 nitrogen and oxygen atoms in total. The van der Waals surface area contributed by atoms with Crippen molar-refractivity contribution in [2.75, 3.05) is 12.4 Å². The van der Waals surface area contributed by atoms with E-state index in [4.69, 9.17) is 0 Å². The van der Waals surface area contributed by atoms with E-state index in [2.05, 4.69) is 28.3 Å². The summed E-state index contributed by atoms with van der Waals surface area (Å²) in [6.45, 7) is 3.92. The van der Waals surface area contributed by atoms with Gasteiger partial charge in [0.05, 0.1) is 5.39 Å². The molecule has 0 spiro atoms. The van der Waals surface area contributed by atoms with E-state index < -0.39 is 0 Å². The molecule has 0 fully saturated rings. The number of rotatable bonds is 2. The standard InChI is InChI=1S/C15H14FN3S/c1-8-6-10(16)4-5-11(8)14-18-13(17-3)12-7-9(2)20-15(12)19-14/h4-7H,1-3H3,(H,17,18,19). The molecule has 2 heterocycles. The fourth-order valence-electron chi connectivity index (χ4n) is 2.23. The Labute approximate surface area is 120 Å². The fourth-order valence-corrected chi connectivity index (χ4v) is 3.11. The lowest BCUT2D eigenvalue weighted by Crippen LogP contribution is -1.98. The van der Waals surface area contributed by atoms with Gasteiger partial charge >= 0.3 is 0 Å². The maximum Gasteiger partial charge on any atom is 0.163 e. The minimum atomic E-state index is -0.242. The first-order chi connectivity index (χ1) is 9.58. The van der Waals surface area contributed by atoms with Crippen LogP contribution in [-0.4, -0.2) is 17.0 Å². The Bertz CT molecular complexity index is 795. The summed E-state index contributed by atoms with van der Waals surface area (Å²) in [5.74, 6) is 1.19. The number of fused-ring (bicyclic) bond motifs is 1. The van der Waals surface area contributed by atoms with Crippen molar-refractivity contribution < 1.29 is 4.39 Å². The predicted molar refractivity (Wildman–Crippen MR) is 81.8 cm³/mol. The van der Waals surface area contributed by atoms with Gasteiger partial charge in [-0.15, -0.1) is 11.3 Å². The molecule has 0 aliphatic rings. The van der Waals surface area contributed by atoms with Gasteiger partial charge in [-0.3, -0.25) is 0 Å². The predicted octanol–water partition coefficient (Wildman–Crippen LogP) is 4.16. The van der Waals surface area contributed by atoms with Crippen molar-refractivity contribution in [1.82, 2.24) is 9.97 Å². The monoisotopic (exact) mass is 287 g/mol. The third-order valence-corrected chi connectivity index (χ3v) is 4.13. The Balaban J connectivity index is 2.25. The molecule has 0 bridgehead atoms. The first kappa shape index (κ1) is 13.0. The van der Waals surface area contributed by atoms with Crippen LogP contribution >= 0.6 is 11.3 Å². The summed E-state index contributed by atoms with van der Waals surface area (Å²) >= 11 is 1.63. The average molecular weight is 287 g/mol. The van der Waals surface area contributed by atoms with Crippen LogP contribution < -0.4 is 5.32 Å². The third-order valence-electron chi connectivity index (χ3n) is 3.18. The van der Waals surface area contributed by atoms with Crippen LogP contribution in [0.25, 0.3) is 21.6 Å². The molecule has 0 radical (unpaired) electrons. The maximum absolute atomic E-state index is 13.2. The molecule has 2 aromatic heterocycles. The van der Waals surface area contributed by atoms with Crippen molar-refractivity contribution in [3.05, 3.63) is 40.5 Å². The van der Waals surface area contributed by atoms with Gasteiger partial charge in [-0.25, -0.2) is 14.4 Å². The van der Waals surface area contributed by atoms with Crippen LogP contribution in [0.1, 0.15) is 10.4 Å². The molecule has 0 saturated heterocycles. The molecule has 1 aromatic carbocycles. The highest BCUT2D eigenvalue weighted by Crippen LogP contribution is 2.31. The largest absolute Gasteiger partial charge is 0.372 e. The van der Waals surface area contributed by atoms with E-state index in [0.717, 1.165) is 27.2 Å². The van der Waals surface area contributed by atoms with Crippen LogP contribution in [0.2, 0.25) is 0 Å². The van der Waals surface area contributed by atoms with Gasteiger partial charge < -0.3 is 5.32 Å². The second kappa shape index (κ2) is 4.83. The van der Waals surface area contributed by atoms with Gasteiger partial charge in [-0.05, 0) is 43.7 Å². The summed E-state index contributed by atoms with van der Waals surface area (Å²) in [6.07, 6.45) is 0. The summed E-state index contributed by atoms with van der Waals surface area (Å²) in [4.78, 5) is 11.3. The number of benzene rings is 1. The number of aromatic nitrogens is 2. The zero-order valence-electron chi connectivity index (χ0n) is 11.5. The van der Waals surface area contributed by atoms with Crippen LogP contribution in [0.5, 0.6) is 0 Å². The van der Waals surface area contributed by atoms with E-state index in [1.54, 1.807) is 17.4 Å². The molecule has 1 N–H and O–H groups in total. The van der Waals surface area contributed by atoms with Crippen molar-refractivity contribution in [2.45, 2.75) is 13.8 Å². The van der Waals surface area contributed by atoms with Crippen molar-refractivity contribution in [3.8, 4) is 11.4 Å². The van der Waals surface area contributed by atoms with Crippen molar-refractivity contribution in [3.63, 3.8) is 0 Å². The Morgan fingerprint density at radius 1 is 1.15 bits per heavy atom. The molecule has 0 aliphatic heterocycles. The Hall–Kier alpha value is -2.01. The molecular formula is C15H14FN3S. The SMILES string of the molecule is CNc1nc(-c2ccc(F)cc2C)nc2sc(C)cc12. The number of nitrogens with one attached hydrogen (secondary N) is 1. The molecule has 5 heteroatoms. The number of nitrogens with zero attached hydrogens (tertiary/aromatic N) is 2. The Morgan fingerprint density at radius 3 is 2.65 bits per heavy atom. The fraction of sp³-hybridized carbons (Fsp3) is 0.200. The van der Waals surface area contributed by atoms with Crippen molar-refractivity contribution in [2.24, 2.45) is 0 Å². The maximum atomic E-state index is 13.2. The lowest BCUT2D eigenvalue weighted by Gasteiger charge is -2.07. The molecule has 0 saturated carbocycles. The van der Waals surface area contributed by atoms with E-state index in [-0.39, 0.29) is 5.82 Å². The lowest BCUT2D eigenvalue weighted by molar-refractivity contribution is 0.627. The second-order valence-electron chi connectivity index (χ2n) is 4.68. The van der Waals surface area contributed by atoms with Gasteiger partial charge in [0.25, 0.3) is 0 Å². The van der Waals surface area contributed by atoms with Gasteiger partial charge in [0.2, 0.25) is 0 Å². The van der Waals surface area contributed by atoms with E-state index in [1.165, 1.54) is 17.0 Å². The summed E-state index contributed by atoms with van der Waals surface area (Å²) in [6, 6.07) is 6.75. The number of hydrogen-bond donors (Lipinski definition) is 1. The Kier molecular flexibility index (Phi) is 3.14. The molecule has 0 amide bonds. The third kappa shape index (κ3) is 2.14. The van der Waals surface area contributed by atoms with Crippen LogP contribution in [0.4, 0.5) is 10.2 Å². The molecule has 0 aliphatic carbocycles. The molecule has 0 unspecified atom stereocenters. The summed E-state index contributed by atoms with van der Waals surface area (Å²) in [5, 5.41) is 4.13. The van der Waals surface area contributed by atoms with E-state index in [0.29, 0.717) is 5.82 Å². The summed E-state index contributed by atoms with van der Waals surface area (Å²) in [7, 11) is 1.84. The highest BCUT2D eigenvalue weighted by molar-refractivity contribution is 7.18. The molecule has 102 valence electrons. The van der Waals surface area contributed by atoms with E-state index >= 15 is 0 Å². The van der Waals surface area contributed by atoms with Gasteiger partial charge in [-0.2, -0.15) is 0 Å². The van der Waals surface area contributed by atoms with E-state index in [9.17, 15) is 4.39 Å². The molecule has 20 heavy (non-hydrogen) atoms. The highest BCUT2D eigenvalue weighted by atomic mass is 32.1.